The van der Waals surface area contributed by atoms with Crippen molar-refractivity contribution in [3.63, 3.8) is 0 Å². The molecule has 0 radical (unpaired) electrons. The van der Waals surface area contributed by atoms with E-state index in [0.29, 0.717) is 32.6 Å². The highest BCUT2D eigenvalue weighted by Crippen LogP contribution is 2.15. The summed E-state index contributed by atoms with van der Waals surface area (Å²) in [4.78, 5) is 28.5. The summed E-state index contributed by atoms with van der Waals surface area (Å²) in [6.07, 6.45) is 0.568. The lowest BCUT2D eigenvalue weighted by molar-refractivity contribution is -0.138. The molecule has 1 heterocycles. The number of carbonyl (C=O) groups is 2. The summed E-state index contributed by atoms with van der Waals surface area (Å²) in [6.45, 7) is 2.09. The quantitative estimate of drug-likeness (QED) is 0.811. The van der Waals surface area contributed by atoms with E-state index in [-0.39, 0.29) is 24.1 Å². The van der Waals surface area contributed by atoms with Crippen molar-refractivity contribution in [1.29, 1.82) is 0 Å². The fourth-order valence-electron chi connectivity index (χ4n) is 3.16. The maximum absolute atomic E-state index is 13.0. The van der Waals surface area contributed by atoms with Crippen LogP contribution in [0.5, 0.6) is 5.75 Å². The molecule has 1 aliphatic heterocycles. The summed E-state index contributed by atoms with van der Waals surface area (Å²) in [5.74, 6) is 0.473. The number of rotatable bonds is 5. The van der Waals surface area contributed by atoms with Crippen LogP contribution in [-0.4, -0.2) is 54.9 Å². The zero-order valence-electron chi connectivity index (χ0n) is 15.4. The average Bonchev–Trinajstić information content (AvgIpc) is 2.70. The van der Waals surface area contributed by atoms with Gasteiger partial charge in [0.2, 0.25) is 11.8 Å². The standard InChI is InChI=1S/C21H23FN2O3/c1-27-19-4-2-3-17(13-19)15-21(26)24-11-9-23(10-12-24)20(25)14-16-5-7-18(22)8-6-16/h2-8,13H,9-12,14-15H2,1H3. The van der Waals surface area contributed by atoms with Crippen molar-refractivity contribution in [2.24, 2.45) is 0 Å². The lowest BCUT2D eigenvalue weighted by Gasteiger charge is -2.35. The van der Waals surface area contributed by atoms with Gasteiger partial charge in [-0.25, -0.2) is 4.39 Å². The van der Waals surface area contributed by atoms with Crippen molar-refractivity contribution in [2.75, 3.05) is 33.3 Å². The van der Waals surface area contributed by atoms with Crippen LogP contribution in [0.4, 0.5) is 4.39 Å². The van der Waals surface area contributed by atoms with Gasteiger partial charge in [-0.3, -0.25) is 9.59 Å². The SMILES string of the molecule is COc1cccc(CC(=O)N2CCN(C(=O)Cc3ccc(F)cc3)CC2)c1. The smallest absolute Gasteiger partial charge is 0.227 e. The number of benzene rings is 2. The Kier molecular flexibility index (Phi) is 6.06. The van der Waals surface area contributed by atoms with Gasteiger partial charge in [0.15, 0.2) is 0 Å². The Morgan fingerprint density at radius 2 is 1.44 bits per heavy atom. The molecule has 0 spiro atoms. The van der Waals surface area contributed by atoms with Crippen LogP contribution in [0, 0.1) is 5.82 Å². The van der Waals surface area contributed by atoms with Gasteiger partial charge in [0.05, 0.1) is 20.0 Å². The molecular weight excluding hydrogens is 347 g/mol. The van der Waals surface area contributed by atoms with E-state index >= 15 is 0 Å². The number of halogens is 1. The highest BCUT2D eigenvalue weighted by Gasteiger charge is 2.24. The minimum Gasteiger partial charge on any atom is -0.497 e. The molecule has 2 aromatic rings. The summed E-state index contributed by atoms with van der Waals surface area (Å²) < 4.78 is 18.1. The third kappa shape index (κ3) is 5.06. The van der Waals surface area contributed by atoms with Crippen LogP contribution in [0.2, 0.25) is 0 Å². The summed E-state index contributed by atoms with van der Waals surface area (Å²) in [7, 11) is 1.60. The van der Waals surface area contributed by atoms with Crippen molar-refractivity contribution in [2.45, 2.75) is 12.8 Å². The third-order valence-corrected chi connectivity index (χ3v) is 4.74. The molecule has 27 heavy (non-hydrogen) atoms. The molecule has 1 saturated heterocycles. The van der Waals surface area contributed by atoms with E-state index in [1.54, 1.807) is 29.0 Å². The van der Waals surface area contributed by atoms with Gasteiger partial charge in [-0.05, 0) is 35.4 Å². The molecule has 142 valence electrons. The number of amides is 2. The predicted molar refractivity (Wildman–Crippen MR) is 100.0 cm³/mol. The van der Waals surface area contributed by atoms with Crippen LogP contribution in [0.1, 0.15) is 11.1 Å². The normalized spacial score (nSPS) is 14.1. The van der Waals surface area contributed by atoms with Gasteiger partial charge >= 0.3 is 0 Å². The third-order valence-electron chi connectivity index (χ3n) is 4.74. The number of hydrogen-bond donors (Lipinski definition) is 0. The molecule has 0 aromatic heterocycles. The Bertz CT molecular complexity index is 799. The Morgan fingerprint density at radius 1 is 0.889 bits per heavy atom. The first-order chi connectivity index (χ1) is 13.0. The maximum atomic E-state index is 13.0. The Labute approximate surface area is 158 Å². The van der Waals surface area contributed by atoms with Gasteiger partial charge in [-0.1, -0.05) is 24.3 Å². The molecule has 0 atom stereocenters. The van der Waals surface area contributed by atoms with E-state index in [1.807, 2.05) is 24.3 Å². The zero-order chi connectivity index (χ0) is 19.2. The van der Waals surface area contributed by atoms with E-state index in [0.717, 1.165) is 16.9 Å². The molecule has 0 saturated carbocycles. The van der Waals surface area contributed by atoms with E-state index < -0.39 is 0 Å². The summed E-state index contributed by atoms with van der Waals surface area (Å²) in [5.41, 5.74) is 1.70. The molecule has 2 amide bonds. The van der Waals surface area contributed by atoms with Crippen molar-refractivity contribution in [1.82, 2.24) is 9.80 Å². The number of nitrogens with zero attached hydrogens (tertiary/aromatic N) is 2. The molecule has 6 heteroatoms. The number of carbonyl (C=O) groups excluding carboxylic acids is 2. The predicted octanol–water partition coefficient (Wildman–Crippen LogP) is 2.29. The number of hydrogen-bond acceptors (Lipinski definition) is 3. The van der Waals surface area contributed by atoms with Crippen LogP contribution in [0.3, 0.4) is 0 Å². The first-order valence-electron chi connectivity index (χ1n) is 8.98. The Balaban J connectivity index is 1.49. The summed E-state index contributed by atoms with van der Waals surface area (Å²) in [5, 5.41) is 0. The van der Waals surface area contributed by atoms with Crippen LogP contribution in [-0.2, 0) is 22.4 Å². The highest BCUT2D eigenvalue weighted by molar-refractivity contribution is 5.81. The van der Waals surface area contributed by atoms with E-state index in [4.69, 9.17) is 4.74 Å². The fraction of sp³-hybridized carbons (Fsp3) is 0.333. The molecule has 0 unspecified atom stereocenters. The van der Waals surface area contributed by atoms with Crippen LogP contribution in [0.25, 0.3) is 0 Å². The molecule has 3 rings (SSSR count). The second-order valence-corrected chi connectivity index (χ2v) is 6.59. The van der Waals surface area contributed by atoms with Gasteiger partial charge in [-0.15, -0.1) is 0 Å². The molecule has 1 aliphatic rings. The maximum Gasteiger partial charge on any atom is 0.227 e. The molecule has 5 nitrogen and oxygen atoms in total. The van der Waals surface area contributed by atoms with Gasteiger partial charge < -0.3 is 14.5 Å². The minimum atomic E-state index is -0.311. The van der Waals surface area contributed by atoms with E-state index in [1.165, 1.54) is 12.1 Å². The molecule has 1 fully saturated rings. The van der Waals surface area contributed by atoms with Crippen molar-refractivity contribution in [3.05, 3.63) is 65.5 Å². The van der Waals surface area contributed by atoms with Crippen molar-refractivity contribution < 1.29 is 18.7 Å². The van der Waals surface area contributed by atoms with Gasteiger partial charge in [0.1, 0.15) is 11.6 Å². The second-order valence-electron chi connectivity index (χ2n) is 6.59. The van der Waals surface area contributed by atoms with Gasteiger partial charge in [0, 0.05) is 26.2 Å². The highest BCUT2D eigenvalue weighted by atomic mass is 19.1. The topological polar surface area (TPSA) is 49.9 Å². The van der Waals surface area contributed by atoms with Crippen molar-refractivity contribution in [3.8, 4) is 5.75 Å². The van der Waals surface area contributed by atoms with Crippen LogP contribution < -0.4 is 4.74 Å². The van der Waals surface area contributed by atoms with Crippen LogP contribution >= 0.6 is 0 Å². The number of piperazine rings is 1. The average molecular weight is 370 g/mol. The Hall–Kier alpha value is -2.89. The Morgan fingerprint density at radius 3 is 2.00 bits per heavy atom. The first kappa shape index (κ1) is 18.9. The van der Waals surface area contributed by atoms with Gasteiger partial charge in [0.25, 0.3) is 0 Å². The van der Waals surface area contributed by atoms with E-state index in [9.17, 15) is 14.0 Å². The molecule has 0 bridgehead atoms. The monoisotopic (exact) mass is 370 g/mol. The summed E-state index contributed by atoms with van der Waals surface area (Å²) in [6, 6.07) is 13.5. The molecule has 0 aliphatic carbocycles. The molecular formula is C21H23FN2O3. The fourth-order valence-corrected chi connectivity index (χ4v) is 3.16. The largest absolute Gasteiger partial charge is 0.497 e. The van der Waals surface area contributed by atoms with Crippen LogP contribution in [0.15, 0.2) is 48.5 Å². The number of methoxy groups -OCH3 is 1. The number of ether oxygens (including phenoxy) is 1. The lowest BCUT2D eigenvalue weighted by Crippen LogP contribution is -2.51. The zero-order valence-corrected chi connectivity index (χ0v) is 15.4. The van der Waals surface area contributed by atoms with E-state index in [2.05, 4.69) is 0 Å². The van der Waals surface area contributed by atoms with Crippen molar-refractivity contribution >= 4 is 11.8 Å². The molecule has 2 aromatic carbocycles. The molecule has 0 N–H and O–H groups in total. The second kappa shape index (κ2) is 8.66. The summed E-state index contributed by atoms with van der Waals surface area (Å²) >= 11 is 0. The van der Waals surface area contributed by atoms with Gasteiger partial charge in [-0.2, -0.15) is 0 Å². The lowest BCUT2D eigenvalue weighted by atomic mass is 10.1. The first-order valence-corrected chi connectivity index (χ1v) is 8.98. The minimum absolute atomic E-state index is 0.00139.